The average Bonchev–Trinajstić information content (AvgIpc) is 3.58. The van der Waals surface area contributed by atoms with Crippen LogP contribution in [-0.2, 0) is 4.74 Å². The van der Waals surface area contributed by atoms with Gasteiger partial charge in [-0.3, -0.25) is 0 Å². The van der Waals surface area contributed by atoms with Crippen LogP contribution in [0.25, 0.3) is 0 Å². The summed E-state index contributed by atoms with van der Waals surface area (Å²) >= 11 is 0. The van der Waals surface area contributed by atoms with E-state index in [4.69, 9.17) is 13.8 Å². The van der Waals surface area contributed by atoms with Crippen molar-refractivity contribution in [3.8, 4) is 0 Å². The van der Waals surface area contributed by atoms with Crippen molar-refractivity contribution in [3.63, 3.8) is 0 Å². The van der Waals surface area contributed by atoms with E-state index in [2.05, 4.69) is 32.9 Å². The maximum absolute atomic E-state index is 5.84. The molecule has 7 aliphatic rings. The molecule has 0 aromatic carbocycles. The molecule has 0 amide bonds. The Morgan fingerprint density at radius 2 is 1.19 bits per heavy atom. The molecule has 7 heterocycles. The van der Waals surface area contributed by atoms with Gasteiger partial charge >= 0.3 is 7.87 Å². The van der Waals surface area contributed by atoms with Gasteiger partial charge in [-0.25, -0.2) is 18.7 Å². The smallest absolute Gasteiger partial charge is 0.363 e. The first-order chi connectivity index (χ1) is 13.3. The standard InChI is InChI=1S/C14H29N9OP3/c1-2-18(1)25(19-3-4-19)15-26(20-5-6-20,21-7-8-21)17-27(16-25,22-9-10-22)23-11-13-24-14-12-23/h15H,1-14H2/q+1. The average molecular weight is 432 g/mol. The van der Waals surface area contributed by atoms with Crippen LogP contribution in [0, 0.1) is 0 Å². The summed E-state index contributed by atoms with van der Waals surface area (Å²) in [6.07, 6.45) is 0. The third-order valence-corrected chi connectivity index (χ3v) is 19.3. The van der Waals surface area contributed by atoms with Gasteiger partial charge in [0.1, 0.15) is 0 Å². The SMILES string of the molecule is C1CN([P@]2(N3CC3)=N[P+](N3CC3)(N3CC3)NP(N3CC3)(N3CC3)=N2)CCO1. The molecule has 0 unspecified atom stereocenters. The minimum absolute atomic E-state index is 0.825. The Bertz CT molecular complexity index is 738. The molecule has 0 saturated carbocycles. The van der Waals surface area contributed by atoms with Gasteiger partial charge in [0.15, 0.2) is 0 Å². The molecule has 0 aliphatic carbocycles. The van der Waals surface area contributed by atoms with Crippen molar-refractivity contribution < 1.29 is 4.74 Å². The van der Waals surface area contributed by atoms with E-state index in [0.717, 1.165) is 39.4 Å². The van der Waals surface area contributed by atoms with Crippen LogP contribution in [0.1, 0.15) is 0 Å². The number of hydrogen-bond donors (Lipinski definition) is 1. The van der Waals surface area contributed by atoms with E-state index in [1.54, 1.807) is 0 Å². The van der Waals surface area contributed by atoms with Crippen molar-refractivity contribution in [3.05, 3.63) is 0 Å². The Morgan fingerprint density at radius 3 is 1.67 bits per heavy atom. The second-order valence-corrected chi connectivity index (χ2v) is 17.3. The second-order valence-electron chi connectivity index (χ2n) is 8.29. The van der Waals surface area contributed by atoms with E-state index >= 15 is 0 Å². The van der Waals surface area contributed by atoms with E-state index in [0.29, 0.717) is 0 Å². The van der Waals surface area contributed by atoms with Gasteiger partial charge in [0.25, 0.3) is 7.51 Å². The Kier molecular flexibility index (Phi) is 3.73. The first kappa shape index (κ1) is 17.3. The van der Waals surface area contributed by atoms with Gasteiger partial charge in [-0.1, -0.05) is 4.86 Å². The molecular formula is C14H29N9OP3+. The molecule has 7 rings (SSSR count). The fraction of sp³-hybridized carbons (Fsp3) is 1.00. The highest BCUT2D eigenvalue weighted by molar-refractivity contribution is 7.88. The summed E-state index contributed by atoms with van der Waals surface area (Å²) in [6, 6.07) is 0. The van der Waals surface area contributed by atoms with Gasteiger partial charge in [-0.15, -0.1) is 9.34 Å². The zero-order valence-electron chi connectivity index (χ0n) is 15.7. The number of nitrogens with one attached hydrogen (secondary N) is 1. The van der Waals surface area contributed by atoms with Gasteiger partial charge < -0.3 is 4.74 Å². The van der Waals surface area contributed by atoms with Crippen molar-refractivity contribution in [2.45, 2.75) is 0 Å². The lowest BCUT2D eigenvalue weighted by molar-refractivity contribution is 0.0728. The summed E-state index contributed by atoms with van der Waals surface area (Å²) in [7, 11) is -5.67. The van der Waals surface area contributed by atoms with Gasteiger partial charge in [0.05, 0.1) is 39.4 Å². The van der Waals surface area contributed by atoms with E-state index in [1.165, 1.54) is 52.4 Å². The quantitative estimate of drug-likeness (QED) is 0.494. The maximum atomic E-state index is 5.84. The second kappa shape index (κ2) is 5.83. The van der Waals surface area contributed by atoms with Crippen LogP contribution in [0.3, 0.4) is 0 Å². The number of ether oxygens (including phenoxy) is 1. The van der Waals surface area contributed by atoms with Crippen LogP contribution in [-0.4, -0.2) is 120 Å². The highest BCUT2D eigenvalue weighted by atomic mass is 31.3. The minimum Gasteiger partial charge on any atom is -0.379 e. The first-order valence-electron chi connectivity index (χ1n) is 10.3. The maximum Gasteiger partial charge on any atom is 0.363 e. The molecule has 0 bridgehead atoms. The Morgan fingerprint density at radius 1 is 0.667 bits per heavy atom. The summed E-state index contributed by atoms with van der Waals surface area (Å²) in [5.74, 6) is 0. The molecule has 1 atom stereocenters. The van der Waals surface area contributed by atoms with Crippen molar-refractivity contribution in [1.29, 1.82) is 0 Å². The molecule has 13 heteroatoms. The number of nitrogens with zero attached hydrogens (tertiary/aromatic N) is 8. The third-order valence-electron chi connectivity index (χ3n) is 6.20. The van der Waals surface area contributed by atoms with Crippen LogP contribution >= 0.6 is 22.9 Å². The van der Waals surface area contributed by atoms with Gasteiger partial charge in [-0.05, 0) is 4.52 Å². The predicted octanol–water partition coefficient (Wildman–Crippen LogP) is 1.07. The van der Waals surface area contributed by atoms with Crippen LogP contribution in [0.15, 0.2) is 9.03 Å². The highest BCUT2D eigenvalue weighted by Gasteiger charge is 2.71. The Hall–Kier alpha value is 0.570. The topological polar surface area (TPSA) is 64.3 Å². The van der Waals surface area contributed by atoms with Crippen molar-refractivity contribution in [1.82, 2.24) is 32.9 Å². The summed E-state index contributed by atoms with van der Waals surface area (Å²) < 4.78 is 33.3. The molecule has 0 aromatic heterocycles. The van der Waals surface area contributed by atoms with Crippen LogP contribution < -0.4 is 4.86 Å². The van der Waals surface area contributed by atoms with Crippen molar-refractivity contribution in [2.75, 3.05) is 91.8 Å². The van der Waals surface area contributed by atoms with Crippen molar-refractivity contribution in [2.24, 2.45) is 9.03 Å². The van der Waals surface area contributed by atoms with Gasteiger partial charge in [0, 0.05) is 52.4 Å². The summed E-state index contributed by atoms with van der Waals surface area (Å²) in [5.41, 5.74) is 0. The van der Waals surface area contributed by atoms with Gasteiger partial charge in [0.2, 0.25) is 7.51 Å². The summed E-state index contributed by atoms with van der Waals surface area (Å²) in [6.45, 7) is 15.5. The Balaban J connectivity index is 1.46. The normalized spacial score (nSPS) is 41.6. The Labute approximate surface area is 161 Å². The number of rotatable bonds is 6. The largest absolute Gasteiger partial charge is 0.379 e. The van der Waals surface area contributed by atoms with E-state index < -0.39 is 22.9 Å². The van der Waals surface area contributed by atoms with Crippen LogP contribution in [0.5, 0.6) is 0 Å². The molecule has 0 spiro atoms. The zero-order valence-corrected chi connectivity index (χ0v) is 18.4. The molecule has 0 aromatic rings. The molecule has 6 fully saturated rings. The molecular weight excluding hydrogens is 403 g/mol. The molecule has 10 nitrogen and oxygen atoms in total. The molecule has 1 N–H and O–H groups in total. The fourth-order valence-electron chi connectivity index (χ4n) is 4.24. The first-order valence-corrected chi connectivity index (χ1v) is 15.2. The minimum atomic E-state index is -2.02. The lowest BCUT2D eigenvalue weighted by Crippen LogP contribution is -2.38. The highest BCUT2D eigenvalue weighted by Crippen LogP contribution is 2.87. The van der Waals surface area contributed by atoms with Crippen LogP contribution in [0.4, 0.5) is 0 Å². The lowest BCUT2D eigenvalue weighted by Gasteiger charge is -2.43. The number of morpholine rings is 1. The van der Waals surface area contributed by atoms with E-state index in [-0.39, 0.29) is 0 Å². The zero-order chi connectivity index (χ0) is 17.7. The van der Waals surface area contributed by atoms with Crippen LogP contribution in [0.2, 0.25) is 0 Å². The molecule has 6 saturated heterocycles. The van der Waals surface area contributed by atoms with Gasteiger partial charge in [-0.2, -0.15) is 4.52 Å². The third kappa shape index (κ3) is 2.67. The molecule has 150 valence electrons. The summed E-state index contributed by atoms with van der Waals surface area (Å²) in [5, 5.41) is 0. The monoisotopic (exact) mass is 432 g/mol. The number of hydrogen-bond acceptors (Lipinski definition) is 10. The van der Waals surface area contributed by atoms with E-state index in [1.807, 2.05) is 0 Å². The molecule has 27 heavy (non-hydrogen) atoms. The van der Waals surface area contributed by atoms with E-state index in [9.17, 15) is 0 Å². The molecule has 7 aliphatic heterocycles. The fourth-order valence-corrected chi connectivity index (χ4v) is 20.5. The summed E-state index contributed by atoms with van der Waals surface area (Å²) in [4.78, 5) is 4.24. The van der Waals surface area contributed by atoms with Crippen molar-refractivity contribution >= 4 is 22.9 Å². The lowest BCUT2D eigenvalue weighted by atomic mass is 10.5. The predicted molar refractivity (Wildman–Crippen MR) is 109 cm³/mol. The molecule has 0 radical (unpaired) electrons.